The molecule has 0 aromatic heterocycles. The van der Waals surface area contributed by atoms with Gasteiger partial charge in [-0.25, -0.2) is 4.39 Å². The Bertz CT molecular complexity index is 636. The molecule has 0 saturated heterocycles. The molecule has 0 saturated carbocycles. The zero-order valence-electron chi connectivity index (χ0n) is 11.2. The molecule has 2 aromatic carbocycles. The van der Waals surface area contributed by atoms with Crippen molar-refractivity contribution in [3.8, 4) is 17.6 Å². The molecular formula is C17H15FO2. The highest BCUT2D eigenvalue weighted by atomic mass is 19.1. The van der Waals surface area contributed by atoms with Crippen molar-refractivity contribution < 1.29 is 14.2 Å². The molecule has 0 atom stereocenters. The lowest BCUT2D eigenvalue weighted by Crippen LogP contribution is -1.97. The van der Waals surface area contributed by atoms with Gasteiger partial charge in [-0.2, -0.15) is 0 Å². The molecule has 0 aliphatic rings. The van der Waals surface area contributed by atoms with Crippen LogP contribution in [0.25, 0.3) is 0 Å². The molecule has 0 spiro atoms. The summed E-state index contributed by atoms with van der Waals surface area (Å²) in [4.78, 5) is 0. The van der Waals surface area contributed by atoms with Gasteiger partial charge in [0.2, 0.25) is 0 Å². The van der Waals surface area contributed by atoms with E-state index in [1.807, 2.05) is 31.2 Å². The van der Waals surface area contributed by atoms with Gasteiger partial charge in [-0.3, -0.25) is 0 Å². The predicted molar refractivity (Wildman–Crippen MR) is 75.9 cm³/mol. The second-order valence-corrected chi connectivity index (χ2v) is 4.38. The van der Waals surface area contributed by atoms with E-state index in [0.29, 0.717) is 6.61 Å². The summed E-state index contributed by atoms with van der Waals surface area (Å²) in [7, 11) is 0. The van der Waals surface area contributed by atoms with Crippen LogP contribution in [0.1, 0.15) is 16.7 Å². The Labute approximate surface area is 117 Å². The fourth-order valence-corrected chi connectivity index (χ4v) is 1.71. The van der Waals surface area contributed by atoms with Gasteiger partial charge in [-0.15, -0.1) is 0 Å². The largest absolute Gasteiger partial charge is 0.486 e. The number of halogens is 1. The molecule has 2 rings (SSSR count). The predicted octanol–water partition coefficient (Wildman–Crippen LogP) is 3.06. The Balaban J connectivity index is 2.02. The minimum atomic E-state index is -0.360. The van der Waals surface area contributed by atoms with Crippen LogP contribution < -0.4 is 4.74 Å². The van der Waals surface area contributed by atoms with Gasteiger partial charge in [0.15, 0.2) is 11.6 Å². The van der Waals surface area contributed by atoms with Crippen LogP contribution in [0, 0.1) is 24.6 Å². The Morgan fingerprint density at radius 2 is 1.90 bits per heavy atom. The van der Waals surface area contributed by atoms with Crippen LogP contribution in [-0.2, 0) is 6.61 Å². The highest BCUT2D eigenvalue weighted by molar-refractivity contribution is 5.36. The van der Waals surface area contributed by atoms with Gasteiger partial charge in [-0.1, -0.05) is 30.0 Å². The Hall–Kier alpha value is -2.31. The highest BCUT2D eigenvalue weighted by Crippen LogP contribution is 2.19. The molecule has 2 aromatic rings. The number of rotatable bonds is 3. The van der Waals surface area contributed by atoms with Crippen LogP contribution >= 0.6 is 0 Å². The number of ether oxygens (including phenoxy) is 1. The van der Waals surface area contributed by atoms with E-state index in [1.54, 1.807) is 12.1 Å². The maximum Gasteiger partial charge on any atom is 0.165 e. The molecule has 1 N–H and O–H groups in total. The molecule has 20 heavy (non-hydrogen) atoms. The first kappa shape index (κ1) is 14.1. The molecule has 3 heteroatoms. The minimum absolute atomic E-state index is 0.155. The summed E-state index contributed by atoms with van der Waals surface area (Å²) in [6, 6.07) is 12.2. The maximum atomic E-state index is 13.5. The van der Waals surface area contributed by atoms with E-state index in [0.717, 1.165) is 16.7 Å². The molecule has 0 radical (unpaired) electrons. The Kier molecular flexibility index (Phi) is 4.75. The molecule has 0 aliphatic carbocycles. The van der Waals surface area contributed by atoms with Gasteiger partial charge < -0.3 is 9.84 Å². The van der Waals surface area contributed by atoms with Gasteiger partial charge in [0.25, 0.3) is 0 Å². The van der Waals surface area contributed by atoms with Gasteiger partial charge in [0.05, 0.1) is 0 Å². The summed E-state index contributed by atoms with van der Waals surface area (Å²) in [5.74, 6) is 5.29. The summed E-state index contributed by atoms with van der Waals surface area (Å²) >= 11 is 0. The molecule has 0 aliphatic heterocycles. The smallest absolute Gasteiger partial charge is 0.165 e. The fraction of sp³-hybridized carbons (Fsp3) is 0.176. The van der Waals surface area contributed by atoms with Gasteiger partial charge in [0.1, 0.15) is 13.2 Å². The third-order valence-corrected chi connectivity index (χ3v) is 2.75. The second kappa shape index (κ2) is 6.74. The van der Waals surface area contributed by atoms with Crippen molar-refractivity contribution in [1.29, 1.82) is 0 Å². The van der Waals surface area contributed by atoms with Crippen molar-refractivity contribution >= 4 is 0 Å². The summed E-state index contributed by atoms with van der Waals surface area (Å²) in [6.45, 7) is 2.03. The molecule has 0 heterocycles. The topological polar surface area (TPSA) is 29.5 Å². The number of hydrogen-bond acceptors (Lipinski definition) is 2. The molecular weight excluding hydrogens is 255 g/mol. The lowest BCUT2D eigenvalue weighted by molar-refractivity contribution is 0.290. The standard InChI is InChI=1S/C17H15FO2/c1-13-4-9-16(18)17(11-13)20-12-15-7-5-14(6-8-15)3-2-10-19/h4-9,11,19H,10,12H2,1H3. The fourth-order valence-electron chi connectivity index (χ4n) is 1.71. The van der Waals surface area contributed by atoms with E-state index >= 15 is 0 Å². The molecule has 0 amide bonds. The van der Waals surface area contributed by atoms with Crippen molar-refractivity contribution in [1.82, 2.24) is 0 Å². The van der Waals surface area contributed by atoms with E-state index in [9.17, 15) is 4.39 Å². The van der Waals surface area contributed by atoms with E-state index in [2.05, 4.69) is 11.8 Å². The van der Waals surface area contributed by atoms with Crippen LogP contribution in [0.3, 0.4) is 0 Å². The summed E-state index contributed by atoms with van der Waals surface area (Å²) in [6.07, 6.45) is 0. The van der Waals surface area contributed by atoms with Crippen LogP contribution in [0.15, 0.2) is 42.5 Å². The van der Waals surface area contributed by atoms with Crippen molar-refractivity contribution in [3.05, 3.63) is 65.0 Å². The average molecular weight is 270 g/mol. The highest BCUT2D eigenvalue weighted by Gasteiger charge is 2.03. The Morgan fingerprint density at radius 3 is 2.60 bits per heavy atom. The first-order valence-corrected chi connectivity index (χ1v) is 6.26. The number of aliphatic hydroxyl groups is 1. The van der Waals surface area contributed by atoms with Crippen molar-refractivity contribution in [3.63, 3.8) is 0 Å². The summed E-state index contributed by atoms with van der Waals surface area (Å²) in [5.41, 5.74) is 2.71. The first-order valence-electron chi connectivity index (χ1n) is 6.26. The normalized spacial score (nSPS) is 9.75. The zero-order chi connectivity index (χ0) is 14.4. The van der Waals surface area contributed by atoms with Crippen molar-refractivity contribution in [2.75, 3.05) is 6.61 Å². The molecule has 102 valence electrons. The number of benzene rings is 2. The summed E-state index contributed by atoms with van der Waals surface area (Å²) in [5, 5.41) is 8.61. The minimum Gasteiger partial charge on any atom is -0.486 e. The lowest BCUT2D eigenvalue weighted by Gasteiger charge is -2.08. The number of aliphatic hydroxyl groups excluding tert-OH is 1. The SMILES string of the molecule is Cc1ccc(F)c(OCc2ccc(C#CCO)cc2)c1. The molecule has 2 nitrogen and oxygen atoms in total. The third kappa shape index (κ3) is 3.84. The van der Waals surface area contributed by atoms with Gasteiger partial charge in [0, 0.05) is 5.56 Å². The second-order valence-electron chi connectivity index (χ2n) is 4.38. The van der Waals surface area contributed by atoms with E-state index in [4.69, 9.17) is 9.84 Å². The van der Waals surface area contributed by atoms with E-state index in [-0.39, 0.29) is 18.2 Å². The monoisotopic (exact) mass is 270 g/mol. The first-order chi connectivity index (χ1) is 9.69. The number of hydrogen-bond donors (Lipinski definition) is 1. The van der Waals surface area contributed by atoms with Crippen LogP contribution in [0.4, 0.5) is 4.39 Å². The number of aryl methyl sites for hydroxylation is 1. The quantitative estimate of drug-likeness (QED) is 0.869. The van der Waals surface area contributed by atoms with Gasteiger partial charge >= 0.3 is 0 Å². The van der Waals surface area contributed by atoms with Crippen molar-refractivity contribution in [2.24, 2.45) is 0 Å². The molecule has 0 bridgehead atoms. The van der Waals surface area contributed by atoms with E-state index < -0.39 is 0 Å². The maximum absolute atomic E-state index is 13.5. The van der Waals surface area contributed by atoms with Crippen LogP contribution in [-0.4, -0.2) is 11.7 Å². The van der Waals surface area contributed by atoms with Crippen LogP contribution in [0.5, 0.6) is 5.75 Å². The summed E-state index contributed by atoms with van der Waals surface area (Å²) < 4.78 is 19.0. The van der Waals surface area contributed by atoms with E-state index in [1.165, 1.54) is 6.07 Å². The van der Waals surface area contributed by atoms with Crippen molar-refractivity contribution in [2.45, 2.75) is 13.5 Å². The van der Waals surface area contributed by atoms with Crippen LogP contribution in [0.2, 0.25) is 0 Å². The lowest BCUT2D eigenvalue weighted by atomic mass is 10.1. The zero-order valence-corrected chi connectivity index (χ0v) is 11.2. The average Bonchev–Trinajstić information content (AvgIpc) is 2.47. The molecule has 0 fully saturated rings. The van der Waals surface area contributed by atoms with Gasteiger partial charge in [-0.05, 0) is 42.3 Å². The third-order valence-electron chi connectivity index (χ3n) is 2.75. The molecule has 0 unspecified atom stereocenters. The Morgan fingerprint density at radius 1 is 1.15 bits per heavy atom.